The van der Waals surface area contributed by atoms with Crippen molar-refractivity contribution >= 4 is 15.7 Å². The molecule has 0 bridgehead atoms. The second-order valence-electron chi connectivity index (χ2n) is 8.40. The van der Waals surface area contributed by atoms with Crippen LogP contribution >= 0.6 is 0 Å². The van der Waals surface area contributed by atoms with Crippen molar-refractivity contribution in [2.24, 2.45) is 11.8 Å². The predicted molar refractivity (Wildman–Crippen MR) is 107 cm³/mol. The zero-order chi connectivity index (χ0) is 18.1. The van der Waals surface area contributed by atoms with Crippen molar-refractivity contribution in [3.63, 3.8) is 0 Å². The van der Waals surface area contributed by atoms with Crippen LogP contribution in [0.25, 0.3) is 0 Å². The molecule has 2 aliphatic heterocycles. The van der Waals surface area contributed by atoms with E-state index in [9.17, 15) is 8.42 Å². The summed E-state index contributed by atoms with van der Waals surface area (Å²) in [5.41, 5.74) is 3.59. The van der Waals surface area contributed by atoms with Gasteiger partial charge in [-0.25, -0.2) is 8.42 Å². The Morgan fingerprint density at radius 2 is 2.00 bits per heavy atom. The standard InChI is InChI=1S/C21H32N2O2S/c1-2-13-26(24,25)23-12-9-19-14-17(5-6-21(19)23)20-15-18(20)4-3-16-7-10-22-11-8-16/h5-6,14,16,18,20,22H,2-4,7-13,15H2,1H3. The summed E-state index contributed by atoms with van der Waals surface area (Å²) in [7, 11) is -3.14. The highest BCUT2D eigenvalue weighted by Gasteiger charge is 2.39. The van der Waals surface area contributed by atoms with Crippen LogP contribution < -0.4 is 9.62 Å². The van der Waals surface area contributed by atoms with Crippen LogP contribution in [0.3, 0.4) is 0 Å². The lowest BCUT2D eigenvalue weighted by atomic mass is 9.91. The number of fused-ring (bicyclic) bond motifs is 1. The van der Waals surface area contributed by atoms with Crippen LogP contribution in [0, 0.1) is 11.8 Å². The van der Waals surface area contributed by atoms with Gasteiger partial charge < -0.3 is 5.32 Å². The first kappa shape index (κ1) is 18.3. The summed E-state index contributed by atoms with van der Waals surface area (Å²) in [6, 6.07) is 6.55. The van der Waals surface area contributed by atoms with Gasteiger partial charge in [-0.1, -0.05) is 25.5 Å². The highest BCUT2D eigenvalue weighted by molar-refractivity contribution is 7.92. The maximum Gasteiger partial charge on any atom is 0.235 e. The van der Waals surface area contributed by atoms with Gasteiger partial charge >= 0.3 is 0 Å². The van der Waals surface area contributed by atoms with Crippen molar-refractivity contribution in [2.75, 3.05) is 29.7 Å². The van der Waals surface area contributed by atoms with Crippen LogP contribution in [0.2, 0.25) is 0 Å². The van der Waals surface area contributed by atoms with Crippen LogP contribution in [0.1, 0.15) is 62.5 Å². The number of benzene rings is 1. The van der Waals surface area contributed by atoms with Crippen molar-refractivity contribution in [3.05, 3.63) is 29.3 Å². The lowest BCUT2D eigenvalue weighted by molar-refractivity contribution is 0.340. The van der Waals surface area contributed by atoms with E-state index in [0.717, 1.165) is 23.9 Å². The Balaban J connectivity index is 1.37. The molecule has 4 nitrogen and oxygen atoms in total. The van der Waals surface area contributed by atoms with Crippen LogP contribution in [0.15, 0.2) is 18.2 Å². The molecule has 1 aromatic carbocycles. The Morgan fingerprint density at radius 1 is 1.19 bits per heavy atom. The van der Waals surface area contributed by atoms with E-state index in [-0.39, 0.29) is 5.75 Å². The van der Waals surface area contributed by atoms with Crippen LogP contribution in [0.4, 0.5) is 5.69 Å². The van der Waals surface area contributed by atoms with Gasteiger partial charge in [0.15, 0.2) is 0 Å². The van der Waals surface area contributed by atoms with E-state index in [1.807, 2.05) is 6.92 Å². The topological polar surface area (TPSA) is 49.4 Å². The minimum absolute atomic E-state index is 0.246. The van der Waals surface area contributed by atoms with Crippen LogP contribution in [0.5, 0.6) is 0 Å². The molecule has 1 N–H and O–H groups in total. The Morgan fingerprint density at radius 3 is 2.77 bits per heavy atom. The normalized spacial score (nSPS) is 26.1. The minimum Gasteiger partial charge on any atom is -0.317 e. The third-order valence-electron chi connectivity index (χ3n) is 6.51. The molecule has 1 saturated heterocycles. The van der Waals surface area contributed by atoms with Gasteiger partial charge in [0.05, 0.1) is 11.4 Å². The molecular formula is C21H32N2O2S. The van der Waals surface area contributed by atoms with Crippen molar-refractivity contribution in [2.45, 2.75) is 57.8 Å². The summed E-state index contributed by atoms with van der Waals surface area (Å²) in [6.07, 6.45) is 8.30. The summed E-state index contributed by atoms with van der Waals surface area (Å²) in [5.74, 6) is 2.73. The molecule has 1 aromatic rings. The van der Waals surface area contributed by atoms with E-state index >= 15 is 0 Å². The fourth-order valence-electron chi connectivity index (χ4n) is 4.87. The molecule has 2 atom stereocenters. The SMILES string of the molecule is CCCS(=O)(=O)N1CCc2cc(C3CC3CCC3CCNCC3)ccc21. The second-order valence-corrected chi connectivity index (χ2v) is 10.4. The highest BCUT2D eigenvalue weighted by Crippen LogP contribution is 2.51. The molecule has 26 heavy (non-hydrogen) atoms. The average molecular weight is 377 g/mol. The summed E-state index contributed by atoms with van der Waals surface area (Å²) in [6.45, 7) is 4.93. The van der Waals surface area contributed by atoms with E-state index < -0.39 is 10.0 Å². The highest BCUT2D eigenvalue weighted by atomic mass is 32.2. The number of piperidine rings is 1. The Hall–Kier alpha value is -1.07. The number of hydrogen-bond acceptors (Lipinski definition) is 3. The summed E-state index contributed by atoms with van der Waals surface area (Å²) in [5, 5.41) is 3.45. The number of nitrogens with one attached hydrogen (secondary N) is 1. The lowest BCUT2D eigenvalue weighted by Gasteiger charge is -2.22. The number of rotatable bonds is 7. The monoisotopic (exact) mass is 376 g/mol. The summed E-state index contributed by atoms with van der Waals surface area (Å²) >= 11 is 0. The van der Waals surface area contributed by atoms with E-state index in [4.69, 9.17) is 0 Å². The van der Waals surface area contributed by atoms with Gasteiger partial charge in [-0.2, -0.15) is 0 Å². The third kappa shape index (κ3) is 3.79. The fraction of sp³-hybridized carbons (Fsp3) is 0.714. The van der Waals surface area contributed by atoms with Crippen molar-refractivity contribution in [3.8, 4) is 0 Å². The minimum atomic E-state index is -3.14. The van der Waals surface area contributed by atoms with Gasteiger partial charge in [-0.05, 0) is 86.6 Å². The maximum atomic E-state index is 12.4. The largest absolute Gasteiger partial charge is 0.317 e. The average Bonchev–Trinajstić information content (AvgIpc) is 3.29. The molecule has 1 saturated carbocycles. The molecule has 5 heteroatoms. The second kappa shape index (κ2) is 7.51. The molecule has 0 aromatic heterocycles. The number of nitrogens with zero attached hydrogens (tertiary/aromatic N) is 1. The summed E-state index contributed by atoms with van der Waals surface area (Å²) < 4.78 is 26.5. The zero-order valence-electron chi connectivity index (χ0n) is 15.9. The van der Waals surface area contributed by atoms with Crippen molar-refractivity contribution in [1.82, 2.24) is 5.32 Å². The molecule has 2 fully saturated rings. The molecule has 0 spiro atoms. The van der Waals surface area contributed by atoms with E-state index in [1.165, 1.54) is 56.3 Å². The molecule has 4 rings (SSSR count). The molecule has 144 valence electrons. The maximum absolute atomic E-state index is 12.4. The van der Waals surface area contributed by atoms with Gasteiger partial charge in [0, 0.05) is 6.54 Å². The smallest absolute Gasteiger partial charge is 0.235 e. The van der Waals surface area contributed by atoms with Gasteiger partial charge in [0.1, 0.15) is 0 Å². The van der Waals surface area contributed by atoms with Crippen molar-refractivity contribution in [1.29, 1.82) is 0 Å². The quantitative estimate of drug-likeness (QED) is 0.790. The van der Waals surface area contributed by atoms with E-state index in [0.29, 0.717) is 18.9 Å². The third-order valence-corrected chi connectivity index (χ3v) is 8.48. The molecule has 2 heterocycles. The molecule has 1 aliphatic carbocycles. The molecule has 0 amide bonds. The van der Waals surface area contributed by atoms with E-state index in [2.05, 4.69) is 23.5 Å². The number of hydrogen-bond donors (Lipinski definition) is 1. The van der Waals surface area contributed by atoms with Gasteiger partial charge in [-0.3, -0.25) is 4.31 Å². The first-order valence-electron chi connectivity index (χ1n) is 10.4. The number of sulfonamides is 1. The fourth-order valence-corrected chi connectivity index (χ4v) is 6.46. The van der Waals surface area contributed by atoms with Crippen LogP contribution in [-0.4, -0.2) is 33.8 Å². The zero-order valence-corrected chi connectivity index (χ0v) is 16.7. The molecule has 3 aliphatic rings. The van der Waals surface area contributed by atoms with Crippen LogP contribution in [-0.2, 0) is 16.4 Å². The summed E-state index contributed by atoms with van der Waals surface area (Å²) in [4.78, 5) is 0. The Kier molecular flexibility index (Phi) is 5.29. The molecule has 2 unspecified atom stereocenters. The van der Waals surface area contributed by atoms with E-state index in [1.54, 1.807) is 4.31 Å². The van der Waals surface area contributed by atoms with Gasteiger partial charge in [-0.15, -0.1) is 0 Å². The molecular weight excluding hydrogens is 344 g/mol. The number of anilines is 1. The Labute approximate surface area is 158 Å². The first-order valence-corrected chi connectivity index (χ1v) is 12.0. The van der Waals surface area contributed by atoms with Gasteiger partial charge in [0.2, 0.25) is 10.0 Å². The van der Waals surface area contributed by atoms with Crippen molar-refractivity contribution < 1.29 is 8.42 Å². The van der Waals surface area contributed by atoms with Gasteiger partial charge in [0.25, 0.3) is 0 Å². The Bertz CT molecular complexity index is 740. The first-order chi connectivity index (χ1) is 12.6. The predicted octanol–water partition coefficient (Wildman–Crippen LogP) is 3.67. The lowest BCUT2D eigenvalue weighted by Crippen LogP contribution is -2.31. The molecule has 0 radical (unpaired) electrons.